The Morgan fingerprint density at radius 3 is 2.42 bits per heavy atom. The van der Waals surface area contributed by atoms with Crippen molar-refractivity contribution in [2.75, 3.05) is 17.9 Å². The minimum Gasteiger partial charge on any atom is -0.486 e. The van der Waals surface area contributed by atoms with Gasteiger partial charge in [-0.3, -0.25) is 9.52 Å². The highest BCUT2D eigenvalue weighted by atomic mass is 32.2. The molecular formula is C25H18FN3O5S2. The maximum Gasteiger partial charge on any atom is 0.279 e. The number of terminal acetylenes is 1. The van der Waals surface area contributed by atoms with E-state index in [-0.39, 0.29) is 22.7 Å². The van der Waals surface area contributed by atoms with E-state index >= 15 is 0 Å². The number of carbonyl (C=O) groups is 1. The number of rotatable bonds is 5. The second kappa shape index (κ2) is 9.49. The van der Waals surface area contributed by atoms with Crippen molar-refractivity contribution in [3.05, 3.63) is 76.8 Å². The van der Waals surface area contributed by atoms with Gasteiger partial charge in [0.2, 0.25) is 0 Å². The second-order valence-corrected chi connectivity index (χ2v) is 10.4. The average molecular weight is 524 g/mol. The van der Waals surface area contributed by atoms with E-state index in [2.05, 4.69) is 15.6 Å². The van der Waals surface area contributed by atoms with Gasteiger partial charge in [-0.2, -0.15) is 4.99 Å². The third-order valence-electron chi connectivity index (χ3n) is 5.30. The van der Waals surface area contributed by atoms with Crippen molar-refractivity contribution < 1.29 is 27.1 Å². The Morgan fingerprint density at radius 1 is 1.08 bits per heavy atom. The highest BCUT2D eigenvalue weighted by Gasteiger charge is 2.17. The zero-order valence-electron chi connectivity index (χ0n) is 18.6. The molecule has 0 spiro atoms. The molecule has 5 rings (SSSR count). The zero-order valence-corrected chi connectivity index (χ0v) is 20.2. The predicted molar refractivity (Wildman–Crippen MR) is 133 cm³/mol. The van der Waals surface area contributed by atoms with E-state index in [1.165, 1.54) is 47.7 Å². The largest absolute Gasteiger partial charge is 0.486 e. The molecule has 0 aliphatic carbocycles. The summed E-state index contributed by atoms with van der Waals surface area (Å²) in [6.07, 6.45) is 5.55. The Bertz CT molecular complexity index is 1680. The lowest BCUT2D eigenvalue weighted by Crippen LogP contribution is -2.17. The third-order valence-corrected chi connectivity index (χ3v) is 7.74. The smallest absolute Gasteiger partial charge is 0.279 e. The molecule has 182 valence electrons. The molecule has 1 aliphatic heterocycles. The summed E-state index contributed by atoms with van der Waals surface area (Å²) in [6.45, 7) is 1.11. The minimum atomic E-state index is -3.91. The predicted octanol–water partition coefficient (Wildman–Crippen LogP) is 3.79. The average Bonchev–Trinajstić information content (AvgIpc) is 3.19. The Morgan fingerprint density at radius 2 is 1.75 bits per heavy atom. The number of anilines is 1. The fraction of sp³-hybridized carbons (Fsp3) is 0.120. The Labute approximate surface area is 209 Å². The van der Waals surface area contributed by atoms with Crippen LogP contribution in [0, 0.1) is 18.2 Å². The van der Waals surface area contributed by atoms with Crippen LogP contribution in [-0.4, -0.2) is 32.1 Å². The van der Waals surface area contributed by atoms with Crippen molar-refractivity contribution in [2.24, 2.45) is 4.99 Å². The van der Waals surface area contributed by atoms with E-state index in [4.69, 9.17) is 15.9 Å². The molecule has 1 amide bonds. The van der Waals surface area contributed by atoms with Crippen LogP contribution in [-0.2, 0) is 16.6 Å². The number of hydrogen-bond donors (Lipinski definition) is 1. The lowest BCUT2D eigenvalue weighted by Gasteiger charge is -2.18. The molecule has 4 aromatic rings. The van der Waals surface area contributed by atoms with Crippen LogP contribution in [0.4, 0.5) is 10.1 Å². The number of nitrogens with zero attached hydrogens (tertiary/aromatic N) is 2. The highest BCUT2D eigenvalue weighted by molar-refractivity contribution is 7.92. The number of nitrogens with one attached hydrogen (secondary N) is 1. The number of hydrogen-bond acceptors (Lipinski definition) is 6. The van der Waals surface area contributed by atoms with Crippen LogP contribution in [0.2, 0.25) is 0 Å². The van der Waals surface area contributed by atoms with Gasteiger partial charge in [-0.25, -0.2) is 12.8 Å². The summed E-state index contributed by atoms with van der Waals surface area (Å²) in [4.78, 5) is 17.5. The number of thiazole rings is 1. The molecule has 2 heterocycles. The molecule has 1 N–H and O–H groups in total. The highest BCUT2D eigenvalue weighted by Crippen LogP contribution is 2.35. The molecule has 1 aromatic heterocycles. The topological polar surface area (TPSA) is 99.0 Å². The van der Waals surface area contributed by atoms with Gasteiger partial charge < -0.3 is 14.0 Å². The van der Waals surface area contributed by atoms with E-state index in [9.17, 15) is 17.6 Å². The number of benzene rings is 3. The summed E-state index contributed by atoms with van der Waals surface area (Å²) < 4.78 is 54.4. The number of amides is 1. The maximum atomic E-state index is 13.1. The first-order valence-corrected chi connectivity index (χ1v) is 13.0. The van der Waals surface area contributed by atoms with E-state index in [1.807, 2.05) is 12.1 Å². The van der Waals surface area contributed by atoms with Crippen molar-refractivity contribution >= 4 is 43.2 Å². The van der Waals surface area contributed by atoms with Gasteiger partial charge in [0.25, 0.3) is 15.9 Å². The fourth-order valence-corrected chi connectivity index (χ4v) is 5.69. The molecule has 0 saturated heterocycles. The number of halogens is 1. The van der Waals surface area contributed by atoms with Crippen LogP contribution in [0.15, 0.2) is 70.6 Å². The van der Waals surface area contributed by atoms with Gasteiger partial charge in [0.05, 0.1) is 21.7 Å². The number of carbonyl (C=O) groups excluding carboxylic acids is 1. The summed E-state index contributed by atoms with van der Waals surface area (Å²) in [7, 11) is -3.91. The molecule has 1 aliphatic rings. The quantitative estimate of drug-likeness (QED) is 0.402. The van der Waals surface area contributed by atoms with E-state index in [0.717, 1.165) is 22.3 Å². The monoisotopic (exact) mass is 523 g/mol. The van der Waals surface area contributed by atoms with Gasteiger partial charge in [0, 0.05) is 23.4 Å². The van der Waals surface area contributed by atoms with E-state index in [1.54, 1.807) is 4.57 Å². The van der Waals surface area contributed by atoms with Gasteiger partial charge in [-0.05, 0) is 48.5 Å². The van der Waals surface area contributed by atoms with Crippen molar-refractivity contribution in [3.8, 4) is 23.8 Å². The second-order valence-electron chi connectivity index (χ2n) is 7.69. The zero-order chi connectivity index (χ0) is 25.3. The van der Waals surface area contributed by atoms with Crippen molar-refractivity contribution in [1.82, 2.24) is 4.57 Å². The van der Waals surface area contributed by atoms with Crippen LogP contribution in [0.5, 0.6) is 11.5 Å². The maximum absolute atomic E-state index is 13.1. The molecule has 0 unspecified atom stereocenters. The molecule has 0 atom stereocenters. The molecule has 8 nitrogen and oxygen atoms in total. The standard InChI is InChI=1S/C25H18FN3O5S2/c1-2-11-29-20-14-21-22(34-13-12-33-21)15-23(20)35-25(29)27-24(30)16-3-7-18(8-4-16)28-36(31,32)19-9-5-17(26)6-10-19/h1,3-10,14-15,28H,11-13H2. The number of aromatic nitrogens is 1. The van der Waals surface area contributed by atoms with Gasteiger partial charge in [-0.15, -0.1) is 6.42 Å². The molecule has 0 saturated carbocycles. The molecular weight excluding hydrogens is 505 g/mol. The summed E-state index contributed by atoms with van der Waals surface area (Å²) >= 11 is 1.30. The van der Waals surface area contributed by atoms with Gasteiger partial charge in [0.1, 0.15) is 19.0 Å². The number of ether oxygens (including phenoxy) is 2. The molecule has 0 fully saturated rings. The van der Waals surface area contributed by atoms with Crippen LogP contribution < -0.4 is 19.0 Å². The molecule has 3 aromatic carbocycles. The van der Waals surface area contributed by atoms with Crippen LogP contribution in [0.3, 0.4) is 0 Å². The first-order chi connectivity index (χ1) is 17.3. The molecule has 0 bridgehead atoms. The Kier molecular flexibility index (Phi) is 6.22. The summed E-state index contributed by atoms with van der Waals surface area (Å²) in [5, 5.41) is 0. The van der Waals surface area contributed by atoms with E-state index in [0.29, 0.717) is 29.5 Å². The van der Waals surface area contributed by atoms with E-state index < -0.39 is 21.7 Å². The van der Waals surface area contributed by atoms with Crippen molar-refractivity contribution in [3.63, 3.8) is 0 Å². The van der Waals surface area contributed by atoms with Crippen molar-refractivity contribution in [1.29, 1.82) is 0 Å². The number of sulfonamides is 1. The summed E-state index contributed by atoms with van der Waals surface area (Å²) in [6, 6.07) is 14.0. The first-order valence-electron chi connectivity index (χ1n) is 10.7. The first kappa shape index (κ1) is 23.6. The van der Waals surface area contributed by atoms with Gasteiger partial charge >= 0.3 is 0 Å². The van der Waals surface area contributed by atoms with Crippen LogP contribution >= 0.6 is 11.3 Å². The molecule has 11 heteroatoms. The molecule has 36 heavy (non-hydrogen) atoms. The SMILES string of the molecule is C#CCn1c(=NC(=O)c2ccc(NS(=O)(=O)c3ccc(F)cc3)cc2)sc2cc3c(cc21)OCCO3. The van der Waals surface area contributed by atoms with Crippen molar-refractivity contribution in [2.45, 2.75) is 11.4 Å². The fourth-order valence-electron chi connectivity index (χ4n) is 3.60. The third kappa shape index (κ3) is 4.68. The van der Waals surface area contributed by atoms with Gasteiger partial charge in [-0.1, -0.05) is 17.3 Å². The Balaban J connectivity index is 1.43. The Hall–Kier alpha value is -4.14. The lowest BCUT2D eigenvalue weighted by molar-refractivity contribution is 0.0998. The summed E-state index contributed by atoms with van der Waals surface area (Å²) in [5.74, 6) is 2.76. The van der Waals surface area contributed by atoms with Crippen LogP contribution in [0.25, 0.3) is 10.2 Å². The lowest BCUT2D eigenvalue weighted by atomic mass is 10.2. The van der Waals surface area contributed by atoms with Crippen LogP contribution in [0.1, 0.15) is 10.4 Å². The molecule has 0 radical (unpaired) electrons. The number of fused-ring (bicyclic) bond motifs is 2. The minimum absolute atomic E-state index is 0.0839. The normalized spacial score (nSPS) is 13.4. The van der Waals surface area contributed by atoms with Gasteiger partial charge in [0.15, 0.2) is 16.3 Å². The summed E-state index contributed by atoms with van der Waals surface area (Å²) in [5.41, 5.74) is 1.28.